The third kappa shape index (κ3) is 4.32. The van der Waals surface area contributed by atoms with Gasteiger partial charge in [0.15, 0.2) is 0 Å². The minimum absolute atomic E-state index is 0.0377. The number of hydrogen-bond acceptors (Lipinski definition) is 4. The number of hydrogen-bond donors (Lipinski definition) is 1. The highest BCUT2D eigenvalue weighted by Crippen LogP contribution is 2.66. The molecule has 7 atom stereocenters. The normalized spacial score (nSPS) is 36.6. The van der Waals surface area contributed by atoms with Gasteiger partial charge in [-0.05, 0) is 91.1 Å². The molecular formula is C28H38F3NO4. The molecule has 0 radical (unpaired) electrons. The van der Waals surface area contributed by atoms with Crippen LogP contribution in [0.4, 0.5) is 13.2 Å². The molecule has 200 valence electrons. The molecule has 5 nitrogen and oxygen atoms in total. The summed E-state index contributed by atoms with van der Waals surface area (Å²) in [6.07, 6.45) is 4.96. The van der Waals surface area contributed by atoms with Crippen LogP contribution in [0.25, 0.3) is 0 Å². The largest absolute Gasteiger partial charge is 0.466 e. The summed E-state index contributed by atoms with van der Waals surface area (Å²) in [7, 11) is 1.40. The molecule has 4 rings (SSSR count). The summed E-state index contributed by atoms with van der Waals surface area (Å²) in [5, 5.41) is 2.50. The highest BCUT2D eigenvalue weighted by atomic mass is 19.4. The minimum atomic E-state index is -4.98. The van der Waals surface area contributed by atoms with E-state index in [1.54, 1.807) is 0 Å². The highest BCUT2D eigenvalue weighted by molar-refractivity contribution is 5.93. The molecule has 4 aliphatic rings. The van der Waals surface area contributed by atoms with Gasteiger partial charge >= 0.3 is 12.1 Å². The molecule has 4 aliphatic carbocycles. The van der Waals surface area contributed by atoms with E-state index in [0.717, 1.165) is 32.1 Å². The Morgan fingerprint density at radius 3 is 2.39 bits per heavy atom. The average Bonchev–Trinajstić information content (AvgIpc) is 3.17. The Balaban J connectivity index is 1.54. The topological polar surface area (TPSA) is 72.5 Å². The van der Waals surface area contributed by atoms with Crippen molar-refractivity contribution >= 4 is 17.7 Å². The molecule has 36 heavy (non-hydrogen) atoms. The average molecular weight is 510 g/mol. The van der Waals surface area contributed by atoms with E-state index >= 15 is 0 Å². The zero-order valence-corrected chi connectivity index (χ0v) is 21.8. The summed E-state index contributed by atoms with van der Waals surface area (Å²) in [5.74, 6) is -2.52. The second kappa shape index (κ2) is 9.32. The summed E-state index contributed by atoms with van der Waals surface area (Å²) in [4.78, 5) is 37.4. The number of ether oxygens (including phenoxy) is 1. The van der Waals surface area contributed by atoms with E-state index in [-0.39, 0.29) is 16.8 Å². The fraction of sp³-hybridized carbons (Fsp3) is 0.750. The lowest BCUT2D eigenvalue weighted by Crippen LogP contribution is -2.54. The Morgan fingerprint density at radius 2 is 1.78 bits per heavy atom. The zero-order chi connectivity index (χ0) is 26.6. The number of nitrogens with one attached hydrogen (secondary N) is 1. The fourth-order valence-corrected chi connectivity index (χ4v) is 8.01. The number of fused-ring (bicyclic) bond motifs is 5. The van der Waals surface area contributed by atoms with Crippen molar-refractivity contribution in [3.05, 3.63) is 23.3 Å². The first-order chi connectivity index (χ1) is 16.7. The van der Waals surface area contributed by atoms with Crippen LogP contribution in [0.1, 0.15) is 72.6 Å². The fourth-order valence-electron chi connectivity index (χ4n) is 8.01. The Morgan fingerprint density at radius 1 is 1.08 bits per heavy atom. The van der Waals surface area contributed by atoms with Crippen LogP contribution in [-0.4, -0.2) is 37.0 Å². The van der Waals surface area contributed by atoms with Crippen molar-refractivity contribution in [1.82, 2.24) is 5.32 Å². The Kier molecular flexibility index (Phi) is 6.97. The van der Waals surface area contributed by atoms with Crippen molar-refractivity contribution in [2.24, 2.45) is 40.4 Å². The first kappa shape index (κ1) is 26.9. The van der Waals surface area contributed by atoms with Crippen LogP contribution in [0.2, 0.25) is 0 Å². The molecule has 0 spiro atoms. The molecular weight excluding hydrogens is 471 g/mol. The third-order valence-corrected chi connectivity index (χ3v) is 10.1. The van der Waals surface area contributed by atoms with Gasteiger partial charge in [-0.15, -0.1) is 0 Å². The molecule has 8 heteroatoms. The number of esters is 1. The van der Waals surface area contributed by atoms with Crippen LogP contribution in [0.3, 0.4) is 0 Å². The summed E-state index contributed by atoms with van der Waals surface area (Å²) < 4.78 is 44.4. The van der Waals surface area contributed by atoms with Gasteiger partial charge in [0.1, 0.15) is 0 Å². The van der Waals surface area contributed by atoms with Crippen molar-refractivity contribution in [3.63, 3.8) is 0 Å². The molecule has 1 N–H and O–H groups in total. The second-order valence-corrected chi connectivity index (χ2v) is 12.1. The maximum atomic E-state index is 13.3. The van der Waals surface area contributed by atoms with Gasteiger partial charge in [0, 0.05) is 11.5 Å². The SMILES string of the molecule is COC(=O)C1=CC2=CC[C@H]3[C@@H]4CC[C@H](C(=O)NC(C(=O)C(F)(F)F)C(C)C)[C@@]4(C)CC[C@@H]3[C@@]2(C)CC1. The number of halogens is 3. The first-order valence-electron chi connectivity index (χ1n) is 13.1. The Hall–Kier alpha value is -2.12. The predicted octanol–water partition coefficient (Wildman–Crippen LogP) is 5.55. The first-order valence-corrected chi connectivity index (χ1v) is 13.1. The second-order valence-electron chi connectivity index (χ2n) is 12.1. The number of carbonyl (C=O) groups is 3. The quantitative estimate of drug-likeness (QED) is 0.494. The highest BCUT2D eigenvalue weighted by Gasteiger charge is 2.60. The molecule has 0 saturated heterocycles. The van der Waals surface area contributed by atoms with E-state index in [4.69, 9.17) is 4.74 Å². The van der Waals surface area contributed by atoms with Crippen LogP contribution in [0.5, 0.6) is 0 Å². The Labute approximate surface area is 211 Å². The summed E-state index contributed by atoms with van der Waals surface area (Å²) in [5.41, 5.74) is 1.57. The zero-order valence-electron chi connectivity index (χ0n) is 21.8. The van der Waals surface area contributed by atoms with Gasteiger partial charge in [-0.3, -0.25) is 9.59 Å². The molecule has 2 fully saturated rings. The number of carbonyl (C=O) groups excluding carboxylic acids is 3. The van der Waals surface area contributed by atoms with E-state index in [2.05, 4.69) is 25.2 Å². The molecule has 0 aliphatic heterocycles. The molecule has 1 amide bonds. The minimum Gasteiger partial charge on any atom is -0.466 e. The standard InChI is InChI=1S/C28H38F3NO4/c1-15(2)22(23(33)28(29,30)31)32-24(34)21-9-8-19-18-7-6-17-14-16(25(35)36-5)10-12-26(17,3)20(18)11-13-27(19,21)4/h6,14-15,18-22H,7-13H2,1-5H3,(H,32,34)/t18-,19-,20-,21+,22?,26-,27-/m0/s1. The lowest BCUT2D eigenvalue weighted by molar-refractivity contribution is -0.175. The van der Waals surface area contributed by atoms with Crippen LogP contribution in [0, 0.1) is 40.4 Å². The van der Waals surface area contributed by atoms with Crippen LogP contribution in [-0.2, 0) is 19.1 Å². The van der Waals surface area contributed by atoms with Crippen molar-refractivity contribution in [3.8, 4) is 0 Å². The number of amides is 1. The summed E-state index contributed by atoms with van der Waals surface area (Å²) in [6.45, 7) is 7.46. The number of Topliss-reactive ketones (excluding diaryl/α,β-unsaturated/α-hetero) is 1. The van der Waals surface area contributed by atoms with Crippen LogP contribution >= 0.6 is 0 Å². The molecule has 0 aromatic rings. The van der Waals surface area contributed by atoms with E-state index in [1.165, 1.54) is 26.5 Å². The molecule has 0 aromatic carbocycles. The van der Waals surface area contributed by atoms with Gasteiger partial charge in [-0.2, -0.15) is 13.2 Å². The molecule has 0 bridgehead atoms. The number of rotatable bonds is 5. The summed E-state index contributed by atoms with van der Waals surface area (Å²) in [6, 6.07) is -1.56. The van der Waals surface area contributed by atoms with E-state index in [9.17, 15) is 27.6 Å². The van der Waals surface area contributed by atoms with Crippen molar-refractivity contribution in [1.29, 1.82) is 0 Å². The number of alkyl halides is 3. The van der Waals surface area contributed by atoms with Crippen molar-refractivity contribution in [2.75, 3.05) is 7.11 Å². The monoisotopic (exact) mass is 509 g/mol. The third-order valence-electron chi connectivity index (χ3n) is 10.1. The van der Waals surface area contributed by atoms with Gasteiger partial charge in [0.05, 0.1) is 13.2 Å². The smallest absolute Gasteiger partial charge is 0.452 e. The van der Waals surface area contributed by atoms with E-state index in [1.807, 2.05) is 6.08 Å². The maximum Gasteiger partial charge on any atom is 0.452 e. The van der Waals surface area contributed by atoms with Crippen molar-refractivity contribution in [2.45, 2.75) is 84.9 Å². The van der Waals surface area contributed by atoms with Crippen LogP contribution < -0.4 is 5.32 Å². The lowest BCUT2D eigenvalue weighted by atomic mass is 9.48. The molecule has 2 saturated carbocycles. The van der Waals surface area contributed by atoms with Gasteiger partial charge in [0.25, 0.3) is 5.78 Å². The summed E-state index contributed by atoms with van der Waals surface area (Å²) >= 11 is 0. The predicted molar refractivity (Wildman–Crippen MR) is 129 cm³/mol. The van der Waals surface area contributed by atoms with Gasteiger partial charge in [-0.1, -0.05) is 33.8 Å². The number of ketones is 1. The van der Waals surface area contributed by atoms with Crippen molar-refractivity contribution < 1.29 is 32.3 Å². The Bertz CT molecular complexity index is 999. The lowest BCUT2D eigenvalue weighted by Gasteiger charge is -2.57. The van der Waals surface area contributed by atoms with E-state index in [0.29, 0.717) is 36.2 Å². The van der Waals surface area contributed by atoms with Gasteiger partial charge in [0.2, 0.25) is 5.91 Å². The van der Waals surface area contributed by atoms with Gasteiger partial charge < -0.3 is 10.1 Å². The van der Waals surface area contributed by atoms with E-state index < -0.39 is 35.7 Å². The number of methoxy groups -OCH3 is 1. The van der Waals surface area contributed by atoms with Gasteiger partial charge in [-0.25, -0.2) is 4.79 Å². The molecule has 0 aromatic heterocycles. The number of allylic oxidation sites excluding steroid dienone is 3. The molecule has 1 unspecified atom stereocenters. The maximum absolute atomic E-state index is 13.3. The van der Waals surface area contributed by atoms with Crippen LogP contribution in [0.15, 0.2) is 23.3 Å². The molecule has 0 heterocycles.